The molecule has 1 N–H and O–H groups in total. The van der Waals surface area contributed by atoms with Gasteiger partial charge in [-0.25, -0.2) is 9.18 Å². The van der Waals surface area contributed by atoms with Crippen molar-refractivity contribution in [2.45, 2.75) is 6.54 Å². The number of aromatic amines is 1. The van der Waals surface area contributed by atoms with Gasteiger partial charge in [-0.05, 0) is 12.1 Å². The Hall–Kier alpha value is -1.58. The van der Waals surface area contributed by atoms with Crippen molar-refractivity contribution in [3.05, 3.63) is 34.7 Å². The van der Waals surface area contributed by atoms with E-state index in [2.05, 4.69) is 4.98 Å². The van der Waals surface area contributed by atoms with Crippen molar-refractivity contribution in [1.82, 2.24) is 9.55 Å². The van der Waals surface area contributed by atoms with E-state index in [0.29, 0.717) is 0 Å². The summed E-state index contributed by atoms with van der Waals surface area (Å²) in [5.74, 6) is 0. The van der Waals surface area contributed by atoms with Crippen LogP contribution in [0.3, 0.4) is 0 Å². The first-order valence-electron chi connectivity index (χ1n) is 4.06. The molecule has 0 saturated heterocycles. The van der Waals surface area contributed by atoms with Crippen LogP contribution in [0.4, 0.5) is 4.39 Å². The van der Waals surface area contributed by atoms with Crippen molar-refractivity contribution in [1.29, 1.82) is 0 Å². The topological polar surface area (TPSA) is 37.8 Å². The van der Waals surface area contributed by atoms with Crippen molar-refractivity contribution >= 4 is 11.0 Å². The molecule has 0 saturated carbocycles. The average Bonchev–Trinajstić information content (AvgIpc) is 2.44. The molecule has 0 fully saturated rings. The summed E-state index contributed by atoms with van der Waals surface area (Å²) in [6.45, 7) is -0.412. The van der Waals surface area contributed by atoms with Gasteiger partial charge in [0.15, 0.2) is 0 Å². The molecular weight excluding hydrogens is 171 g/mol. The van der Waals surface area contributed by atoms with Gasteiger partial charge in [-0.1, -0.05) is 12.1 Å². The molecular formula is C9H9FN2O. The number of halogens is 1. The van der Waals surface area contributed by atoms with Crippen molar-refractivity contribution < 1.29 is 4.39 Å². The fraction of sp³-hybridized carbons (Fsp3) is 0.222. The maximum absolute atomic E-state index is 12.1. The zero-order valence-corrected chi connectivity index (χ0v) is 6.96. The lowest BCUT2D eigenvalue weighted by molar-refractivity contribution is 0.445. The molecule has 0 aliphatic heterocycles. The van der Waals surface area contributed by atoms with E-state index < -0.39 is 6.67 Å². The number of hydrogen-bond acceptors (Lipinski definition) is 1. The van der Waals surface area contributed by atoms with Crippen LogP contribution in [0.1, 0.15) is 0 Å². The number of rotatable bonds is 2. The summed E-state index contributed by atoms with van der Waals surface area (Å²) in [6.07, 6.45) is 0. The zero-order chi connectivity index (χ0) is 9.26. The predicted molar refractivity (Wildman–Crippen MR) is 48.5 cm³/mol. The number of aryl methyl sites for hydroxylation is 1. The van der Waals surface area contributed by atoms with Gasteiger partial charge in [-0.15, -0.1) is 0 Å². The molecule has 0 atom stereocenters. The van der Waals surface area contributed by atoms with E-state index >= 15 is 0 Å². The monoisotopic (exact) mass is 180 g/mol. The molecule has 0 amide bonds. The maximum atomic E-state index is 12.1. The summed E-state index contributed by atoms with van der Waals surface area (Å²) < 4.78 is 13.5. The highest BCUT2D eigenvalue weighted by Gasteiger charge is 2.03. The lowest BCUT2D eigenvalue weighted by Crippen LogP contribution is -2.17. The Morgan fingerprint density at radius 2 is 2.15 bits per heavy atom. The van der Waals surface area contributed by atoms with Gasteiger partial charge in [0.1, 0.15) is 6.67 Å². The normalized spacial score (nSPS) is 10.8. The Bertz CT molecular complexity index is 472. The van der Waals surface area contributed by atoms with E-state index in [1.54, 1.807) is 12.1 Å². The van der Waals surface area contributed by atoms with Crippen LogP contribution in [0.2, 0.25) is 0 Å². The number of hydrogen-bond donors (Lipinski definition) is 1. The Labute approximate surface area is 73.8 Å². The van der Waals surface area contributed by atoms with Crippen LogP contribution in [-0.2, 0) is 6.54 Å². The molecule has 0 aliphatic rings. The molecule has 68 valence electrons. The molecule has 2 rings (SSSR count). The number of benzene rings is 1. The van der Waals surface area contributed by atoms with Gasteiger partial charge in [0, 0.05) is 0 Å². The Kier molecular flexibility index (Phi) is 1.88. The second-order valence-corrected chi connectivity index (χ2v) is 2.79. The molecule has 0 unspecified atom stereocenters. The minimum absolute atomic E-state index is 0.114. The number of nitrogens with one attached hydrogen (secondary N) is 1. The van der Waals surface area contributed by atoms with Crippen molar-refractivity contribution in [2.24, 2.45) is 0 Å². The van der Waals surface area contributed by atoms with Gasteiger partial charge in [0.05, 0.1) is 17.6 Å². The first kappa shape index (κ1) is 8.04. The molecule has 0 spiro atoms. The standard InChI is InChI=1S/C9H9FN2O/c10-5-6-12-8-4-2-1-3-7(8)11-9(12)13/h1-4H,5-6H2,(H,11,13). The van der Waals surface area contributed by atoms with Gasteiger partial charge in [0.2, 0.25) is 0 Å². The van der Waals surface area contributed by atoms with E-state index in [1.807, 2.05) is 12.1 Å². The number of H-pyrrole nitrogens is 1. The third-order valence-corrected chi connectivity index (χ3v) is 1.99. The lowest BCUT2D eigenvalue weighted by Gasteiger charge is -1.96. The first-order valence-corrected chi connectivity index (χ1v) is 4.06. The second kappa shape index (κ2) is 3.05. The maximum Gasteiger partial charge on any atom is 0.326 e. The zero-order valence-electron chi connectivity index (χ0n) is 6.96. The molecule has 0 aliphatic carbocycles. The van der Waals surface area contributed by atoms with Crippen molar-refractivity contribution in [3.63, 3.8) is 0 Å². The van der Waals surface area contributed by atoms with Crippen LogP contribution in [-0.4, -0.2) is 16.2 Å². The summed E-state index contributed by atoms with van der Waals surface area (Å²) >= 11 is 0. The van der Waals surface area contributed by atoms with Gasteiger partial charge in [0.25, 0.3) is 0 Å². The Morgan fingerprint density at radius 3 is 2.92 bits per heavy atom. The fourth-order valence-electron chi connectivity index (χ4n) is 1.41. The van der Waals surface area contributed by atoms with Crippen LogP contribution in [0, 0.1) is 0 Å². The molecule has 0 radical (unpaired) electrons. The minimum atomic E-state index is -0.526. The van der Waals surface area contributed by atoms with Gasteiger partial charge >= 0.3 is 5.69 Å². The highest BCUT2D eigenvalue weighted by atomic mass is 19.1. The summed E-state index contributed by atoms with van der Waals surface area (Å²) in [5.41, 5.74) is 1.25. The van der Waals surface area contributed by atoms with E-state index in [4.69, 9.17) is 0 Å². The first-order chi connectivity index (χ1) is 6.33. The van der Waals surface area contributed by atoms with Crippen LogP contribution in [0.25, 0.3) is 11.0 Å². The average molecular weight is 180 g/mol. The number of aromatic nitrogens is 2. The van der Waals surface area contributed by atoms with E-state index in [-0.39, 0.29) is 12.2 Å². The summed E-state index contributed by atoms with van der Waals surface area (Å²) in [4.78, 5) is 13.9. The van der Waals surface area contributed by atoms with Gasteiger partial charge in [-0.3, -0.25) is 4.57 Å². The fourth-order valence-corrected chi connectivity index (χ4v) is 1.41. The molecule has 13 heavy (non-hydrogen) atoms. The van der Waals surface area contributed by atoms with Crippen molar-refractivity contribution in [2.75, 3.05) is 6.67 Å². The van der Waals surface area contributed by atoms with Crippen LogP contribution < -0.4 is 5.69 Å². The molecule has 4 heteroatoms. The van der Waals surface area contributed by atoms with Crippen LogP contribution >= 0.6 is 0 Å². The number of fused-ring (bicyclic) bond motifs is 1. The number of alkyl halides is 1. The van der Waals surface area contributed by atoms with E-state index in [0.717, 1.165) is 11.0 Å². The smallest absolute Gasteiger partial charge is 0.306 e. The minimum Gasteiger partial charge on any atom is -0.306 e. The van der Waals surface area contributed by atoms with Gasteiger partial charge < -0.3 is 4.98 Å². The highest BCUT2D eigenvalue weighted by Crippen LogP contribution is 2.08. The molecule has 3 nitrogen and oxygen atoms in total. The van der Waals surface area contributed by atoms with Crippen molar-refractivity contribution in [3.8, 4) is 0 Å². The van der Waals surface area contributed by atoms with Crippen LogP contribution in [0.5, 0.6) is 0 Å². The highest BCUT2D eigenvalue weighted by molar-refractivity contribution is 5.74. The quantitative estimate of drug-likeness (QED) is 0.743. The third kappa shape index (κ3) is 1.24. The number of imidazole rings is 1. The SMILES string of the molecule is O=c1[nH]c2ccccc2n1CCF. The number of para-hydroxylation sites is 2. The van der Waals surface area contributed by atoms with E-state index in [9.17, 15) is 9.18 Å². The molecule has 1 aromatic heterocycles. The Morgan fingerprint density at radius 1 is 1.38 bits per heavy atom. The summed E-state index contributed by atoms with van der Waals surface area (Å²) in [7, 11) is 0. The molecule has 0 bridgehead atoms. The largest absolute Gasteiger partial charge is 0.326 e. The second-order valence-electron chi connectivity index (χ2n) is 2.79. The molecule has 2 aromatic rings. The van der Waals surface area contributed by atoms with E-state index in [1.165, 1.54) is 4.57 Å². The molecule has 1 heterocycles. The van der Waals surface area contributed by atoms with Crippen LogP contribution in [0.15, 0.2) is 29.1 Å². The number of nitrogens with zero attached hydrogens (tertiary/aromatic N) is 1. The third-order valence-electron chi connectivity index (χ3n) is 1.99. The summed E-state index contributed by atoms with van der Waals surface area (Å²) in [5, 5.41) is 0. The lowest BCUT2D eigenvalue weighted by atomic mass is 10.3. The summed E-state index contributed by atoms with van der Waals surface area (Å²) in [6, 6.07) is 7.25. The van der Waals surface area contributed by atoms with Gasteiger partial charge in [-0.2, -0.15) is 0 Å². The Balaban J connectivity index is 2.71. The molecule has 1 aromatic carbocycles. The predicted octanol–water partition coefficient (Wildman–Crippen LogP) is 1.30.